The summed E-state index contributed by atoms with van der Waals surface area (Å²) in [6.07, 6.45) is 3.18. The number of hydrogen-bond donors (Lipinski definition) is 2. The molecule has 1 aliphatic rings. The second kappa shape index (κ2) is 6.03. The lowest BCUT2D eigenvalue weighted by atomic mass is 10.2. The number of aromatic amines is 1. The van der Waals surface area contributed by atoms with Crippen LogP contribution < -0.4 is 5.32 Å². The van der Waals surface area contributed by atoms with Crippen LogP contribution in [0.2, 0.25) is 18.6 Å². The highest BCUT2D eigenvalue weighted by molar-refractivity contribution is 6.57. The summed E-state index contributed by atoms with van der Waals surface area (Å²) in [6.45, 7) is 6.06. The number of rotatable bonds is 3. The molecule has 1 unspecified atom stereocenters. The first-order valence-corrected chi connectivity index (χ1v) is 11.0. The topological polar surface area (TPSA) is 57.8 Å². The molecule has 0 spiro atoms. The van der Waals surface area contributed by atoms with E-state index in [9.17, 15) is 13.6 Å². The van der Waals surface area contributed by atoms with E-state index < -0.39 is 20.4 Å². The van der Waals surface area contributed by atoms with Crippen LogP contribution in [-0.2, 0) is 0 Å². The Bertz CT molecular complexity index is 759. The van der Waals surface area contributed by atoms with E-state index in [1.807, 2.05) is 0 Å². The van der Waals surface area contributed by atoms with Gasteiger partial charge in [-0.1, -0.05) is 19.5 Å². The van der Waals surface area contributed by atoms with E-state index >= 15 is 0 Å². The van der Waals surface area contributed by atoms with Gasteiger partial charge in [0.15, 0.2) is 11.6 Å². The smallest absolute Gasteiger partial charge is 0.267 e. The number of carbonyl (C=O) groups is 1. The fourth-order valence-corrected chi connectivity index (χ4v) is 5.06. The second-order valence-electron chi connectivity index (χ2n) is 6.76. The second-order valence-corrected chi connectivity index (χ2v) is 10.2. The molecule has 1 saturated carbocycles. The average molecular weight is 337 g/mol. The number of hydrogen-bond acceptors (Lipinski definition) is 2. The number of halogens is 2. The number of aromatic nitrogens is 2. The van der Waals surface area contributed by atoms with Gasteiger partial charge in [-0.2, -0.15) is 0 Å². The standard InChI is InChI=1S/C16H21F2N3OSi/c1-8-13(17)14(18)11-7-12(21-15(11)19-8)16(22)20-9-4-5-10(6-9)23(2)3/h7,9-10,23H,4-6H2,1-3H3,(H,19,21)(H,20,22)/t9-,10?/m1/s1. The van der Waals surface area contributed by atoms with Gasteiger partial charge < -0.3 is 10.3 Å². The lowest BCUT2D eigenvalue weighted by Crippen LogP contribution is -2.33. The minimum Gasteiger partial charge on any atom is -0.348 e. The van der Waals surface area contributed by atoms with Gasteiger partial charge in [-0.05, 0) is 31.4 Å². The maximum absolute atomic E-state index is 13.9. The van der Waals surface area contributed by atoms with Gasteiger partial charge in [-0.3, -0.25) is 4.79 Å². The van der Waals surface area contributed by atoms with E-state index in [1.165, 1.54) is 19.4 Å². The van der Waals surface area contributed by atoms with Gasteiger partial charge in [0.2, 0.25) is 0 Å². The predicted octanol–water partition coefficient (Wildman–Crippen LogP) is 3.29. The highest BCUT2D eigenvalue weighted by atomic mass is 28.3. The van der Waals surface area contributed by atoms with Crippen LogP contribution in [0.25, 0.3) is 11.0 Å². The van der Waals surface area contributed by atoms with Gasteiger partial charge in [-0.25, -0.2) is 13.8 Å². The minimum absolute atomic E-state index is 0.0112. The Morgan fingerprint density at radius 2 is 2.09 bits per heavy atom. The van der Waals surface area contributed by atoms with Gasteiger partial charge in [-0.15, -0.1) is 0 Å². The van der Waals surface area contributed by atoms with Gasteiger partial charge in [0.25, 0.3) is 5.91 Å². The van der Waals surface area contributed by atoms with Crippen LogP contribution in [0, 0.1) is 18.6 Å². The van der Waals surface area contributed by atoms with Crippen LogP contribution in [0.5, 0.6) is 0 Å². The molecular formula is C16H21F2N3OSi. The predicted molar refractivity (Wildman–Crippen MR) is 88.5 cm³/mol. The number of fused-ring (bicyclic) bond motifs is 1. The summed E-state index contributed by atoms with van der Waals surface area (Å²) in [4.78, 5) is 19.1. The fraction of sp³-hybridized carbons (Fsp3) is 0.500. The summed E-state index contributed by atoms with van der Waals surface area (Å²) < 4.78 is 27.5. The van der Waals surface area contributed by atoms with Crippen molar-refractivity contribution in [1.82, 2.24) is 15.3 Å². The van der Waals surface area contributed by atoms with Crippen molar-refractivity contribution in [1.29, 1.82) is 0 Å². The maximum atomic E-state index is 13.9. The Kier molecular flexibility index (Phi) is 4.22. The van der Waals surface area contributed by atoms with Gasteiger partial charge in [0, 0.05) is 14.8 Å². The molecule has 4 nitrogen and oxygen atoms in total. The van der Waals surface area contributed by atoms with E-state index in [-0.39, 0.29) is 34.4 Å². The summed E-state index contributed by atoms with van der Waals surface area (Å²) in [5.41, 5.74) is 1.16. The summed E-state index contributed by atoms with van der Waals surface area (Å²) in [6, 6.07) is 1.50. The molecule has 7 heteroatoms. The third-order valence-corrected chi connectivity index (χ3v) is 7.31. The highest BCUT2D eigenvalue weighted by Gasteiger charge is 2.29. The molecule has 0 aliphatic heterocycles. The highest BCUT2D eigenvalue weighted by Crippen LogP contribution is 2.33. The van der Waals surface area contributed by atoms with Crippen molar-refractivity contribution in [3.63, 3.8) is 0 Å². The summed E-state index contributed by atoms with van der Waals surface area (Å²) >= 11 is 0. The Hall–Kier alpha value is -1.76. The molecule has 0 radical (unpaired) electrons. The molecule has 124 valence electrons. The van der Waals surface area contributed by atoms with E-state index in [0.29, 0.717) is 0 Å². The Balaban J connectivity index is 1.78. The lowest BCUT2D eigenvalue weighted by Gasteiger charge is -2.14. The molecule has 2 heterocycles. The van der Waals surface area contributed by atoms with Crippen molar-refractivity contribution in [3.8, 4) is 0 Å². The van der Waals surface area contributed by atoms with Crippen molar-refractivity contribution >= 4 is 25.7 Å². The van der Waals surface area contributed by atoms with Crippen molar-refractivity contribution < 1.29 is 13.6 Å². The summed E-state index contributed by atoms with van der Waals surface area (Å²) in [5, 5.41) is 3.01. The van der Waals surface area contributed by atoms with Crippen molar-refractivity contribution in [3.05, 3.63) is 29.1 Å². The molecule has 2 N–H and O–H groups in total. The first kappa shape index (κ1) is 16.1. The van der Waals surface area contributed by atoms with Crippen LogP contribution in [0.3, 0.4) is 0 Å². The number of H-pyrrole nitrogens is 1. The first-order chi connectivity index (χ1) is 10.9. The average Bonchev–Trinajstić information content (AvgIpc) is 3.11. The zero-order valence-corrected chi connectivity index (χ0v) is 14.7. The minimum atomic E-state index is -0.969. The van der Waals surface area contributed by atoms with Gasteiger partial charge in [0.1, 0.15) is 11.3 Å². The van der Waals surface area contributed by atoms with Crippen LogP contribution >= 0.6 is 0 Å². The monoisotopic (exact) mass is 337 g/mol. The number of amides is 1. The van der Waals surface area contributed by atoms with Gasteiger partial charge >= 0.3 is 0 Å². The Morgan fingerprint density at radius 1 is 1.35 bits per heavy atom. The van der Waals surface area contributed by atoms with E-state index in [4.69, 9.17) is 0 Å². The maximum Gasteiger partial charge on any atom is 0.267 e. The van der Waals surface area contributed by atoms with E-state index in [2.05, 4.69) is 28.4 Å². The summed E-state index contributed by atoms with van der Waals surface area (Å²) in [7, 11) is -0.683. The Labute approximate surface area is 135 Å². The SMILES string of the molecule is Cc1nc2[nH]c(C(=O)N[C@@H]3CCC([SiH](C)C)C3)cc2c(F)c1F. The number of carbonyl (C=O) groups excluding carboxylic acids is 1. The lowest BCUT2D eigenvalue weighted by molar-refractivity contribution is 0.0933. The molecule has 1 aliphatic carbocycles. The van der Waals surface area contributed by atoms with Crippen LogP contribution in [0.4, 0.5) is 8.78 Å². The van der Waals surface area contributed by atoms with Crippen LogP contribution in [0.15, 0.2) is 6.07 Å². The van der Waals surface area contributed by atoms with Crippen LogP contribution in [-0.4, -0.2) is 30.7 Å². The largest absolute Gasteiger partial charge is 0.348 e. The third-order valence-electron chi connectivity index (χ3n) is 4.82. The summed E-state index contributed by atoms with van der Waals surface area (Å²) in [5.74, 6) is -2.21. The van der Waals surface area contributed by atoms with E-state index in [0.717, 1.165) is 18.4 Å². The molecular weight excluding hydrogens is 316 g/mol. The molecule has 0 saturated heterocycles. The molecule has 2 atom stereocenters. The Morgan fingerprint density at radius 3 is 2.74 bits per heavy atom. The molecule has 0 bridgehead atoms. The molecule has 1 fully saturated rings. The zero-order valence-electron chi connectivity index (χ0n) is 13.5. The van der Waals surface area contributed by atoms with Crippen molar-refractivity contribution in [2.45, 2.75) is 50.9 Å². The normalized spacial score (nSPS) is 21.3. The van der Waals surface area contributed by atoms with Gasteiger partial charge in [0.05, 0.1) is 11.1 Å². The first-order valence-electron chi connectivity index (χ1n) is 8.02. The number of nitrogens with one attached hydrogen (secondary N) is 2. The van der Waals surface area contributed by atoms with Crippen molar-refractivity contribution in [2.75, 3.05) is 0 Å². The fourth-order valence-electron chi connectivity index (χ4n) is 3.33. The van der Waals surface area contributed by atoms with Crippen molar-refractivity contribution in [2.24, 2.45) is 0 Å². The molecule has 2 aromatic heterocycles. The quantitative estimate of drug-likeness (QED) is 0.845. The molecule has 23 heavy (non-hydrogen) atoms. The molecule has 0 aromatic carbocycles. The van der Waals surface area contributed by atoms with E-state index in [1.54, 1.807) is 0 Å². The third kappa shape index (κ3) is 3.02. The number of nitrogens with zero attached hydrogens (tertiary/aromatic N) is 1. The number of aryl methyl sites for hydroxylation is 1. The number of pyridine rings is 1. The van der Waals surface area contributed by atoms with Crippen LogP contribution in [0.1, 0.15) is 35.4 Å². The molecule has 3 rings (SSSR count). The molecule has 1 amide bonds. The zero-order chi connectivity index (χ0) is 16.7. The molecule has 2 aromatic rings.